The SMILES string of the molecule is C=CCN(Cc1ccc(Cl)s1)C(=O)C1CC(=O)N(c2cccc(OC)c2)C1. The van der Waals surface area contributed by atoms with Gasteiger partial charge in [-0.15, -0.1) is 17.9 Å². The lowest BCUT2D eigenvalue weighted by Gasteiger charge is -2.24. The minimum atomic E-state index is -0.376. The highest BCUT2D eigenvalue weighted by molar-refractivity contribution is 7.16. The van der Waals surface area contributed by atoms with Crippen LogP contribution in [0.2, 0.25) is 4.34 Å². The molecule has 1 aromatic heterocycles. The van der Waals surface area contributed by atoms with E-state index >= 15 is 0 Å². The van der Waals surface area contributed by atoms with Crippen molar-refractivity contribution >= 4 is 40.4 Å². The van der Waals surface area contributed by atoms with Crippen LogP contribution >= 0.6 is 22.9 Å². The van der Waals surface area contributed by atoms with Gasteiger partial charge in [-0.2, -0.15) is 0 Å². The van der Waals surface area contributed by atoms with E-state index in [2.05, 4.69) is 6.58 Å². The molecule has 5 nitrogen and oxygen atoms in total. The summed E-state index contributed by atoms with van der Waals surface area (Å²) in [6.45, 7) is 5.00. The first-order chi connectivity index (χ1) is 13.0. The standard InChI is InChI=1S/C20H21ClN2O3S/c1-3-9-22(13-17-7-8-18(21)27-17)20(25)14-10-19(24)23(12-14)15-5-4-6-16(11-15)26-2/h3-8,11,14H,1,9-10,12-13H2,2H3. The highest BCUT2D eigenvalue weighted by atomic mass is 35.5. The molecule has 0 bridgehead atoms. The molecule has 7 heteroatoms. The normalized spacial score (nSPS) is 16.4. The quantitative estimate of drug-likeness (QED) is 0.656. The Morgan fingerprint density at radius 2 is 2.26 bits per heavy atom. The molecule has 2 aromatic rings. The molecule has 2 heterocycles. The predicted molar refractivity (Wildman–Crippen MR) is 108 cm³/mol. The molecule has 1 aromatic carbocycles. The average molecular weight is 405 g/mol. The monoisotopic (exact) mass is 404 g/mol. The van der Waals surface area contributed by atoms with Gasteiger partial charge in [-0.1, -0.05) is 23.7 Å². The maximum Gasteiger partial charge on any atom is 0.228 e. The van der Waals surface area contributed by atoms with Crippen LogP contribution in [0.3, 0.4) is 0 Å². The number of ether oxygens (including phenoxy) is 1. The van der Waals surface area contributed by atoms with Gasteiger partial charge in [-0.05, 0) is 24.3 Å². The fraction of sp³-hybridized carbons (Fsp3) is 0.300. The molecule has 1 saturated heterocycles. The van der Waals surface area contributed by atoms with E-state index in [9.17, 15) is 9.59 Å². The van der Waals surface area contributed by atoms with Crippen molar-refractivity contribution in [3.63, 3.8) is 0 Å². The van der Waals surface area contributed by atoms with E-state index in [1.165, 1.54) is 11.3 Å². The van der Waals surface area contributed by atoms with Gasteiger partial charge in [-0.3, -0.25) is 9.59 Å². The molecule has 1 fully saturated rings. The number of amides is 2. The van der Waals surface area contributed by atoms with E-state index in [-0.39, 0.29) is 24.2 Å². The molecule has 1 aliphatic rings. The van der Waals surface area contributed by atoms with Gasteiger partial charge in [-0.25, -0.2) is 0 Å². The Bertz CT molecular complexity index is 851. The van der Waals surface area contributed by atoms with Crippen molar-refractivity contribution in [3.8, 4) is 5.75 Å². The highest BCUT2D eigenvalue weighted by Gasteiger charge is 2.37. The van der Waals surface area contributed by atoms with Gasteiger partial charge in [0.05, 0.1) is 23.9 Å². The van der Waals surface area contributed by atoms with Gasteiger partial charge in [0.2, 0.25) is 11.8 Å². The number of benzene rings is 1. The van der Waals surface area contributed by atoms with E-state index < -0.39 is 0 Å². The van der Waals surface area contributed by atoms with E-state index in [1.807, 2.05) is 30.3 Å². The van der Waals surface area contributed by atoms with Gasteiger partial charge < -0.3 is 14.5 Å². The molecule has 2 amide bonds. The molecule has 1 aliphatic heterocycles. The van der Waals surface area contributed by atoms with Crippen molar-refractivity contribution in [1.29, 1.82) is 0 Å². The number of halogens is 1. The zero-order valence-corrected chi connectivity index (χ0v) is 16.6. The Hall–Kier alpha value is -2.31. The molecule has 3 rings (SSSR count). The number of hydrogen-bond acceptors (Lipinski definition) is 4. The Kier molecular flexibility index (Phi) is 6.19. The average Bonchev–Trinajstić information content (AvgIpc) is 3.26. The van der Waals surface area contributed by atoms with Gasteiger partial charge in [0, 0.05) is 36.1 Å². The van der Waals surface area contributed by atoms with Crippen LogP contribution in [0.5, 0.6) is 5.75 Å². The van der Waals surface area contributed by atoms with Crippen molar-refractivity contribution in [2.75, 3.05) is 25.1 Å². The fourth-order valence-electron chi connectivity index (χ4n) is 3.17. The molecule has 0 aliphatic carbocycles. The summed E-state index contributed by atoms with van der Waals surface area (Å²) >= 11 is 7.44. The molecule has 0 saturated carbocycles. The second kappa shape index (κ2) is 8.59. The maximum absolute atomic E-state index is 13.0. The zero-order chi connectivity index (χ0) is 19.4. The summed E-state index contributed by atoms with van der Waals surface area (Å²) in [5.41, 5.74) is 0.745. The van der Waals surface area contributed by atoms with Crippen LogP contribution in [-0.4, -0.2) is 36.9 Å². The number of hydrogen-bond donors (Lipinski definition) is 0. The highest BCUT2D eigenvalue weighted by Crippen LogP contribution is 2.30. The summed E-state index contributed by atoms with van der Waals surface area (Å²) in [5.74, 6) is 0.203. The second-order valence-corrected chi connectivity index (χ2v) is 8.12. The number of rotatable bonds is 7. The summed E-state index contributed by atoms with van der Waals surface area (Å²) in [6, 6.07) is 11.1. The summed E-state index contributed by atoms with van der Waals surface area (Å²) in [5, 5.41) is 0. The van der Waals surface area contributed by atoms with E-state index in [4.69, 9.17) is 16.3 Å². The summed E-state index contributed by atoms with van der Waals surface area (Å²) in [4.78, 5) is 29.9. The Balaban J connectivity index is 1.73. The van der Waals surface area contributed by atoms with Crippen molar-refractivity contribution in [2.24, 2.45) is 5.92 Å². The molecular formula is C20H21ClN2O3S. The lowest BCUT2D eigenvalue weighted by molar-refractivity contribution is -0.135. The summed E-state index contributed by atoms with van der Waals surface area (Å²) in [7, 11) is 1.58. The third-order valence-corrected chi connectivity index (χ3v) is 5.69. The lowest BCUT2D eigenvalue weighted by Crippen LogP contribution is -2.37. The van der Waals surface area contributed by atoms with Crippen LogP contribution < -0.4 is 9.64 Å². The Morgan fingerprint density at radius 3 is 2.93 bits per heavy atom. The predicted octanol–water partition coefficient (Wildman–Crippen LogP) is 3.98. The first kappa shape index (κ1) is 19.5. The van der Waals surface area contributed by atoms with Gasteiger partial charge in [0.1, 0.15) is 5.75 Å². The molecule has 0 N–H and O–H groups in total. The van der Waals surface area contributed by atoms with Crippen LogP contribution in [0.25, 0.3) is 0 Å². The first-order valence-electron chi connectivity index (χ1n) is 8.60. The summed E-state index contributed by atoms with van der Waals surface area (Å²) < 4.78 is 5.92. The molecule has 0 radical (unpaired) electrons. The third kappa shape index (κ3) is 4.51. The van der Waals surface area contributed by atoms with Crippen molar-refractivity contribution in [1.82, 2.24) is 4.90 Å². The smallest absolute Gasteiger partial charge is 0.228 e. The summed E-state index contributed by atoms with van der Waals surface area (Å²) in [6.07, 6.45) is 1.90. The molecule has 27 heavy (non-hydrogen) atoms. The third-order valence-electron chi connectivity index (χ3n) is 4.48. The maximum atomic E-state index is 13.0. The zero-order valence-electron chi connectivity index (χ0n) is 15.1. The minimum Gasteiger partial charge on any atom is -0.497 e. The second-order valence-electron chi connectivity index (χ2n) is 6.32. The first-order valence-corrected chi connectivity index (χ1v) is 9.79. The number of carbonyl (C=O) groups excluding carboxylic acids is 2. The van der Waals surface area contributed by atoms with Crippen LogP contribution in [0.1, 0.15) is 11.3 Å². The lowest BCUT2D eigenvalue weighted by atomic mass is 10.1. The fourth-order valence-corrected chi connectivity index (χ4v) is 4.28. The van der Waals surface area contributed by atoms with E-state index in [0.717, 1.165) is 10.6 Å². The molecule has 142 valence electrons. The van der Waals surface area contributed by atoms with Crippen molar-refractivity contribution in [2.45, 2.75) is 13.0 Å². The number of methoxy groups -OCH3 is 1. The number of anilines is 1. The van der Waals surface area contributed by atoms with Gasteiger partial charge in [0.25, 0.3) is 0 Å². The number of thiophene rings is 1. The van der Waals surface area contributed by atoms with E-state index in [0.29, 0.717) is 29.7 Å². The van der Waals surface area contributed by atoms with E-state index in [1.54, 1.807) is 29.1 Å². The minimum absolute atomic E-state index is 0.0434. The van der Waals surface area contributed by atoms with Crippen LogP contribution in [-0.2, 0) is 16.1 Å². The van der Waals surface area contributed by atoms with Gasteiger partial charge >= 0.3 is 0 Å². The Morgan fingerprint density at radius 1 is 1.44 bits per heavy atom. The molecular weight excluding hydrogens is 384 g/mol. The van der Waals surface area contributed by atoms with Crippen LogP contribution in [0.4, 0.5) is 5.69 Å². The topological polar surface area (TPSA) is 49.9 Å². The van der Waals surface area contributed by atoms with Crippen LogP contribution in [0.15, 0.2) is 49.1 Å². The van der Waals surface area contributed by atoms with Gasteiger partial charge in [0.15, 0.2) is 0 Å². The molecule has 1 atom stereocenters. The molecule has 0 spiro atoms. The number of carbonyl (C=O) groups is 2. The largest absolute Gasteiger partial charge is 0.497 e. The van der Waals surface area contributed by atoms with Crippen molar-refractivity contribution < 1.29 is 14.3 Å². The Labute approximate surface area is 167 Å². The number of nitrogens with zero attached hydrogens (tertiary/aromatic N) is 2. The molecule has 1 unspecified atom stereocenters. The van der Waals surface area contributed by atoms with Crippen LogP contribution in [0, 0.1) is 5.92 Å². The van der Waals surface area contributed by atoms with Crippen molar-refractivity contribution in [3.05, 3.63) is 58.3 Å².